The van der Waals surface area contributed by atoms with Crippen molar-refractivity contribution in [3.63, 3.8) is 0 Å². The van der Waals surface area contributed by atoms with Crippen molar-refractivity contribution < 1.29 is 4.74 Å². The molecule has 2 aromatic rings. The molecular weight excluding hydrogens is 302 g/mol. The number of anilines is 1. The minimum atomic E-state index is 0.513. The van der Waals surface area contributed by atoms with Gasteiger partial charge in [-0.25, -0.2) is 9.97 Å². The Morgan fingerprint density at radius 1 is 1.08 bits per heavy atom. The molecule has 2 saturated heterocycles. The van der Waals surface area contributed by atoms with Crippen molar-refractivity contribution in [1.29, 1.82) is 0 Å². The van der Waals surface area contributed by atoms with Crippen LogP contribution in [0.15, 0.2) is 36.8 Å². The second-order valence-corrected chi connectivity index (χ2v) is 6.47. The minimum absolute atomic E-state index is 0.513. The number of hydrogen-bond donors (Lipinski definition) is 1. The fourth-order valence-corrected chi connectivity index (χ4v) is 3.45. The zero-order valence-corrected chi connectivity index (χ0v) is 13.8. The maximum absolute atomic E-state index is 5.43. The number of hydrogen-bond acceptors (Lipinski definition) is 6. The molecule has 0 radical (unpaired) electrons. The van der Waals surface area contributed by atoms with Crippen LogP contribution in [-0.2, 0) is 4.74 Å². The van der Waals surface area contributed by atoms with Gasteiger partial charge < -0.3 is 15.0 Å². The van der Waals surface area contributed by atoms with Crippen molar-refractivity contribution >= 4 is 5.95 Å². The fourth-order valence-electron chi connectivity index (χ4n) is 3.45. The van der Waals surface area contributed by atoms with Gasteiger partial charge in [-0.05, 0) is 37.5 Å². The molecule has 4 heterocycles. The first kappa shape index (κ1) is 15.5. The third-order valence-electron chi connectivity index (χ3n) is 4.76. The summed E-state index contributed by atoms with van der Waals surface area (Å²) in [4.78, 5) is 15.7. The first-order chi connectivity index (χ1) is 11.9. The molecule has 0 bridgehead atoms. The van der Waals surface area contributed by atoms with Gasteiger partial charge >= 0.3 is 0 Å². The number of pyridine rings is 1. The second kappa shape index (κ2) is 7.23. The molecule has 24 heavy (non-hydrogen) atoms. The van der Waals surface area contributed by atoms with Crippen LogP contribution in [0.4, 0.5) is 5.95 Å². The van der Waals surface area contributed by atoms with Crippen molar-refractivity contribution in [2.24, 2.45) is 0 Å². The summed E-state index contributed by atoms with van der Waals surface area (Å²) < 4.78 is 5.43. The lowest BCUT2D eigenvalue weighted by atomic mass is 10.1. The molecule has 2 aliphatic heterocycles. The summed E-state index contributed by atoms with van der Waals surface area (Å²) in [7, 11) is 0. The van der Waals surface area contributed by atoms with Crippen LogP contribution in [0.5, 0.6) is 0 Å². The van der Waals surface area contributed by atoms with Crippen molar-refractivity contribution in [3.05, 3.63) is 36.8 Å². The Morgan fingerprint density at radius 3 is 2.83 bits per heavy atom. The Labute approximate surface area is 142 Å². The Morgan fingerprint density at radius 2 is 2.00 bits per heavy atom. The molecule has 2 aromatic heterocycles. The highest BCUT2D eigenvalue weighted by molar-refractivity contribution is 5.58. The van der Waals surface area contributed by atoms with Crippen LogP contribution in [0.1, 0.15) is 19.3 Å². The van der Waals surface area contributed by atoms with E-state index < -0.39 is 0 Å². The Kier molecular flexibility index (Phi) is 4.66. The van der Waals surface area contributed by atoms with Gasteiger partial charge in [0, 0.05) is 62.5 Å². The normalized spacial score (nSPS) is 22.0. The van der Waals surface area contributed by atoms with Crippen LogP contribution in [0.3, 0.4) is 0 Å². The smallest absolute Gasteiger partial charge is 0.225 e. The molecule has 0 amide bonds. The molecule has 6 heteroatoms. The first-order valence-corrected chi connectivity index (χ1v) is 8.71. The number of ether oxygens (including phenoxy) is 1. The quantitative estimate of drug-likeness (QED) is 0.926. The van der Waals surface area contributed by atoms with E-state index in [4.69, 9.17) is 9.72 Å². The lowest BCUT2D eigenvalue weighted by molar-refractivity contribution is 0.0755. The average Bonchev–Trinajstić information content (AvgIpc) is 3.12. The van der Waals surface area contributed by atoms with Gasteiger partial charge in [0.15, 0.2) is 0 Å². The van der Waals surface area contributed by atoms with E-state index in [0.29, 0.717) is 12.1 Å². The Hall–Kier alpha value is -2.05. The fraction of sp³-hybridized carbons (Fsp3) is 0.500. The zero-order chi connectivity index (χ0) is 16.2. The van der Waals surface area contributed by atoms with Crippen LogP contribution < -0.4 is 10.2 Å². The predicted molar refractivity (Wildman–Crippen MR) is 92.9 cm³/mol. The summed E-state index contributed by atoms with van der Waals surface area (Å²) in [5.41, 5.74) is 1.95. The summed E-state index contributed by atoms with van der Waals surface area (Å²) in [6.45, 7) is 3.72. The highest BCUT2D eigenvalue weighted by atomic mass is 16.5. The number of rotatable bonds is 4. The topological polar surface area (TPSA) is 63.2 Å². The van der Waals surface area contributed by atoms with Gasteiger partial charge in [0.1, 0.15) is 0 Å². The standard InChI is InChI=1S/C18H23N5O/c1-2-14(12-19-7-1)17-3-8-20-18(22-17)23-9-4-16(13-23)21-15-5-10-24-11-6-15/h1-3,7-8,12,15-16,21H,4-6,9-11,13H2. The van der Waals surface area contributed by atoms with Crippen LogP contribution >= 0.6 is 0 Å². The number of nitrogens with one attached hydrogen (secondary N) is 1. The van der Waals surface area contributed by atoms with Crippen molar-refractivity contribution in [3.8, 4) is 11.3 Å². The monoisotopic (exact) mass is 325 g/mol. The summed E-state index contributed by atoms with van der Waals surface area (Å²) >= 11 is 0. The largest absolute Gasteiger partial charge is 0.381 e. The average molecular weight is 325 g/mol. The Bertz CT molecular complexity index is 659. The van der Waals surface area contributed by atoms with E-state index in [-0.39, 0.29) is 0 Å². The molecule has 0 saturated carbocycles. The lowest BCUT2D eigenvalue weighted by Gasteiger charge is -2.26. The van der Waals surface area contributed by atoms with Gasteiger partial charge in [0.25, 0.3) is 0 Å². The van der Waals surface area contributed by atoms with Crippen LogP contribution in [0.2, 0.25) is 0 Å². The van der Waals surface area contributed by atoms with E-state index in [1.165, 1.54) is 0 Å². The third kappa shape index (κ3) is 3.55. The van der Waals surface area contributed by atoms with Gasteiger partial charge in [-0.1, -0.05) is 0 Å². The molecule has 1 unspecified atom stereocenters. The summed E-state index contributed by atoms with van der Waals surface area (Å²) in [5.74, 6) is 0.813. The van der Waals surface area contributed by atoms with Gasteiger partial charge in [-0.2, -0.15) is 0 Å². The van der Waals surface area contributed by atoms with Gasteiger partial charge in [-0.15, -0.1) is 0 Å². The van der Waals surface area contributed by atoms with Crippen LogP contribution in [-0.4, -0.2) is 53.3 Å². The SMILES string of the molecule is c1cncc(-c2ccnc(N3CCC(NC4CCOCC4)C3)n2)c1. The van der Waals surface area contributed by atoms with E-state index >= 15 is 0 Å². The van der Waals surface area contributed by atoms with E-state index in [1.807, 2.05) is 30.6 Å². The van der Waals surface area contributed by atoms with Crippen LogP contribution in [0.25, 0.3) is 11.3 Å². The lowest BCUT2D eigenvalue weighted by Crippen LogP contribution is -2.43. The van der Waals surface area contributed by atoms with Crippen molar-refractivity contribution in [1.82, 2.24) is 20.3 Å². The highest BCUT2D eigenvalue weighted by Gasteiger charge is 2.27. The molecule has 2 aliphatic rings. The van der Waals surface area contributed by atoms with Gasteiger partial charge in [0.05, 0.1) is 5.69 Å². The molecule has 0 aliphatic carbocycles. The molecular formula is C18H23N5O. The molecule has 4 rings (SSSR count). The first-order valence-electron chi connectivity index (χ1n) is 8.71. The zero-order valence-electron chi connectivity index (χ0n) is 13.8. The van der Waals surface area contributed by atoms with E-state index in [1.54, 1.807) is 6.20 Å². The number of nitrogens with zero attached hydrogens (tertiary/aromatic N) is 4. The second-order valence-electron chi connectivity index (χ2n) is 6.47. The maximum atomic E-state index is 5.43. The highest BCUT2D eigenvalue weighted by Crippen LogP contribution is 2.21. The molecule has 0 spiro atoms. The summed E-state index contributed by atoms with van der Waals surface area (Å²) in [6, 6.07) is 7.00. The summed E-state index contributed by atoms with van der Waals surface area (Å²) in [5, 5.41) is 3.78. The molecule has 0 aromatic carbocycles. The number of aromatic nitrogens is 3. The Balaban J connectivity index is 1.41. The molecule has 1 atom stereocenters. The van der Waals surface area contributed by atoms with Crippen molar-refractivity contribution in [2.45, 2.75) is 31.3 Å². The maximum Gasteiger partial charge on any atom is 0.225 e. The van der Waals surface area contributed by atoms with Crippen molar-refractivity contribution in [2.75, 3.05) is 31.2 Å². The molecule has 6 nitrogen and oxygen atoms in total. The summed E-state index contributed by atoms with van der Waals surface area (Å²) in [6.07, 6.45) is 8.82. The van der Waals surface area contributed by atoms with Crippen LogP contribution in [0, 0.1) is 0 Å². The molecule has 126 valence electrons. The van der Waals surface area contributed by atoms with E-state index in [0.717, 1.165) is 62.8 Å². The van der Waals surface area contributed by atoms with Gasteiger partial charge in [-0.3, -0.25) is 4.98 Å². The van der Waals surface area contributed by atoms with E-state index in [9.17, 15) is 0 Å². The minimum Gasteiger partial charge on any atom is -0.381 e. The molecule has 2 fully saturated rings. The van der Waals surface area contributed by atoms with E-state index in [2.05, 4.69) is 20.2 Å². The van der Waals surface area contributed by atoms with Gasteiger partial charge in [0.2, 0.25) is 5.95 Å². The third-order valence-corrected chi connectivity index (χ3v) is 4.76. The molecule has 1 N–H and O–H groups in total. The predicted octanol–water partition coefficient (Wildman–Crippen LogP) is 1.89.